The van der Waals surface area contributed by atoms with Gasteiger partial charge in [0, 0.05) is 16.6 Å². The minimum atomic E-state index is -1.09. The molecule has 0 fully saturated rings. The van der Waals surface area contributed by atoms with E-state index in [0.29, 0.717) is 23.2 Å². The lowest BCUT2D eigenvalue weighted by Crippen LogP contribution is -2.38. The highest BCUT2D eigenvalue weighted by atomic mass is 32.1. The normalized spacial score (nSPS) is 10.9. The number of aromatic nitrogens is 1. The van der Waals surface area contributed by atoms with Crippen LogP contribution >= 0.6 is 11.3 Å². The van der Waals surface area contributed by atoms with Gasteiger partial charge < -0.3 is 20.1 Å². The zero-order valence-electron chi connectivity index (χ0n) is 23.6. The number of carboxylic acids is 1. The maximum atomic E-state index is 12.7. The molecule has 7 nitrogen and oxygen atoms in total. The minimum absolute atomic E-state index is 0.0952. The van der Waals surface area contributed by atoms with Crippen molar-refractivity contribution in [2.24, 2.45) is 0 Å². The third kappa shape index (κ3) is 8.91. The quantitative estimate of drug-likeness (QED) is 0.159. The predicted molar refractivity (Wildman–Crippen MR) is 164 cm³/mol. The molecule has 0 aliphatic rings. The fourth-order valence-electron chi connectivity index (χ4n) is 4.72. The molecule has 3 aromatic carbocycles. The van der Waals surface area contributed by atoms with Crippen LogP contribution in [0.4, 0.5) is 10.5 Å². The number of nitrogens with zero attached hydrogens (tertiary/aromatic N) is 2. The molecule has 0 saturated carbocycles. The van der Waals surface area contributed by atoms with Gasteiger partial charge in [0.25, 0.3) is 0 Å². The Balaban J connectivity index is 1.34. The molecular weight excluding hydrogens is 534 g/mol. The van der Waals surface area contributed by atoms with Gasteiger partial charge in [-0.05, 0) is 54.2 Å². The predicted octanol–water partition coefficient (Wildman–Crippen LogP) is 8.19. The topological polar surface area (TPSA) is 91.8 Å². The van der Waals surface area contributed by atoms with Gasteiger partial charge in [0.05, 0.1) is 12.2 Å². The summed E-state index contributed by atoms with van der Waals surface area (Å²) >= 11 is 1.39. The van der Waals surface area contributed by atoms with E-state index in [4.69, 9.17) is 4.74 Å². The number of hydrogen-bond donors (Lipinski definition) is 2. The van der Waals surface area contributed by atoms with Crippen molar-refractivity contribution in [2.45, 2.75) is 58.6 Å². The van der Waals surface area contributed by atoms with E-state index >= 15 is 0 Å². The number of rotatable bonds is 14. The van der Waals surface area contributed by atoms with Crippen LogP contribution in [0.25, 0.3) is 11.3 Å². The first-order chi connectivity index (χ1) is 19.9. The van der Waals surface area contributed by atoms with Crippen molar-refractivity contribution >= 4 is 29.0 Å². The Kier molecular flexibility index (Phi) is 10.9. The summed E-state index contributed by atoms with van der Waals surface area (Å²) in [4.78, 5) is 30.0. The molecule has 214 valence electrons. The molecule has 2 amide bonds. The summed E-state index contributed by atoms with van der Waals surface area (Å²) in [6.07, 6.45) is 4.81. The van der Waals surface area contributed by atoms with E-state index in [1.54, 1.807) is 24.3 Å². The Hall–Kier alpha value is -4.17. The van der Waals surface area contributed by atoms with Crippen LogP contribution < -0.4 is 10.1 Å². The van der Waals surface area contributed by atoms with Crippen molar-refractivity contribution in [3.05, 3.63) is 100 Å². The Morgan fingerprint density at radius 3 is 2.27 bits per heavy atom. The molecule has 1 heterocycles. The van der Waals surface area contributed by atoms with Gasteiger partial charge in [-0.1, -0.05) is 81.3 Å². The molecule has 4 aromatic rings. The molecular formula is C33H37N3O4S. The molecule has 2 N–H and O–H groups in total. The van der Waals surface area contributed by atoms with Gasteiger partial charge in [0.2, 0.25) is 0 Å². The number of benzene rings is 3. The Morgan fingerprint density at radius 1 is 0.951 bits per heavy atom. The van der Waals surface area contributed by atoms with E-state index in [9.17, 15) is 14.7 Å². The number of aliphatic carboxylic acids is 1. The Labute approximate surface area is 245 Å². The number of carbonyl (C=O) groups is 2. The van der Waals surface area contributed by atoms with Gasteiger partial charge in [-0.25, -0.2) is 9.78 Å². The molecule has 0 aliphatic heterocycles. The van der Waals surface area contributed by atoms with Crippen molar-refractivity contribution in [3.63, 3.8) is 0 Å². The number of hydrogen-bond acceptors (Lipinski definition) is 5. The van der Waals surface area contributed by atoms with Gasteiger partial charge in [-0.3, -0.25) is 4.79 Å². The van der Waals surface area contributed by atoms with E-state index in [2.05, 4.69) is 48.4 Å². The third-order valence-corrected chi connectivity index (χ3v) is 7.63. The first-order valence-corrected chi connectivity index (χ1v) is 14.9. The zero-order chi connectivity index (χ0) is 29.0. The lowest BCUT2D eigenvalue weighted by Gasteiger charge is -2.20. The average molecular weight is 572 g/mol. The number of ether oxygens (including phenoxy) is 1. The summed E-state index contributed by atoms with van der Waals surface area (Å²) in [5, 5.41) is 14.6. The molecule has 8 heteroatoms. The maximum absolute atomic E-state index is 12.7. The van der Waals surface area contributed by atoms with E-state index < -0.39 is 18.5 Å². The van der Waals surface area contributed by atoms with Gasteiger partial charge in [0.15, 0.2) is 0 Å². The number of carbonyl (C=O) groups excluding carboxylic acids is 1. The van der Waals surface area contributed by atoms with Crippen LogP contribution in [0.2, 0.25) is 0 Å². The number of anilines is 1. The van der Waals surface area contributed by atoms with Gasteiger partial charge >= 0.3 is 12.0 Å². The van der Waals surface area contributed by atoms with Crippen molar-refractivity contribution in [2.75, 3.05) is 11.9 Å². The van der Waals surface area contributed by atoms with Crippen molar-refractivity contribution in [1.82, 2.24) is 9.88 Å². The second-order valence-corrected chi connectivity index (χ2v) is 10.9. The fourth-order valence-corrected chi connectivity index (χ4v) is 5.53. The maximum Gasteiger partial charge on any atom is 0.323 e. The average Bonchev–Trinajstić information content (AvgIpc) is 3.45. The highest BCUT2D eigenvalue weighted by Gasteiger charge is 2.19. The molecule has 0 bridgehead atoms. The van der Waals surface area contributed by atoms with Crippen LogP contribution in [0.5, 0.6) is 5.75 Å². The van der Waals surface area contributed by atoms with Crippen molar-refractivity contribution in [3.8, 4) is 17.0 Å². The number of urea groups is 1. The highest BCUT2D eigenvalue weighted by Crippen LogP contribution is 2.28. The minimum Gasteiger partial charge on any atom is -0.489 e. The third-order valence-electron chi connectivity index (χ3n) is 6.80. The number of amides is 2. The SMILES string of the molecule is CCCC(CCC)c1ccc(OCc2ccc(-c3csc(CN(CC(=O)O)C(=O)Nc4ccccc4)n3)cc2)cc1. The standard InChI is InChI=1S/C33H37N3O4S/c1-3-8-25(9-4-2)26-16-18-29(19-17-26)40-22-24-12-14-27(15-13-24)30-23-41-31(35-30)20-36(21-32(37)38)33(39)34-28-10-6-5-7-11-28/h5-7,10-19,23,25H,3-4,8-9,20-22H2,1-2H3,(H,34,39)(H,37,38). The second kappa shape index (κ2) is 15.0. The van der Waals surface area contributed by atoms with Crippen LogP contribution in [-0.2, 0) is 17.9 Å². The Morgan fingerprint density at radius 2 is 1.63 bits per heavy atom. The smallest absolute Gasteiger partial charge is 0.323 e. The largest absolute Gasteiger partial charge is 0.489 e. The van der Waals surface area contributed by atoms with E-state index in [1.807, 2.05) is 35.7 Å². The monoisotopic (exact) mass is 571 g/mol. The number of carboxylic acid groups (broad SMARTS) is 1. The fraction of sp³-hybridized carbons (Fsp3) is 0.303. The second-order valence-electron chi connectivity index (χ2n) is 10.0. The first-order valence-electron chi connectivity index (χ1n) is 14.0. The molecule has 1 aromatic heterocycles. The van der Waals surface area contributed by atoms with E-state index in [0.717, 1.165) is 22.6 Å². The van der Waals surface area contributed by atoms with Crippen LogP contribution in [0.3, 0.4) is 0 Å². The summed E-state index contributed by atoms with van der Waals surface area (Å²) in [6.45, 7) is 4.61. The summed E-state index contributed by atoms with van der Waals surface area (Å²) in [7, 11) is 0. The van der Waals surface area contributed by atoms with Gasteiger partial charge in [-0.15, -0.1) is 11.3 Å². The van der Waals surface area contributed by atoms with Crippen LogP contribution in [0.1, 0.15) is 61.6 Å². The van der Waals surface area contributed by atoms with E-state index in [1.165, 1.54) is 47.5 Å². The lowest BCUT2D eigenvalue weighted by atomic mass is 9.90. The molecule has 0 atom stereocenters. The Bertz CT molecular complexity index is 1380. The van der Waals surface area contributed by atoms with Crippen molar-refractivity contribution < 1.29 is 19.4 Å². The number of nitrogens with one attached hydrogen (secondary N) is 1. The van der Waals surface area contributed by atoms with Crippen molar-refractivity contribution in [1.29, 1.82) is 0 Å². The molecule has 0 spiro atoms. The number of thiazole rings is 1. The van der Waals surface area contributed by atoms with E-state index in [-0.39, 0.29) is 6.54 Å². The molecule has 0 radical (unpaired) electrons. The van der Waals surface area contributed by atoms with Crippen LogP contribution in [0, 0.1) is 0 Å². The first kappa shape index (κ1) is 29.8. The van der Waals surface area contributed by atoms with Crippen LogP contribution in [-0.4, -0.2) is 33.5 Å². The number of para-hydroxylation sites is 1. The summed E-state index contributed by atoms with van der Waals surface area (Å²) in [5.74, 6) is 0.386. The molecule has 41 heavy (non-hydrogen) atoms. The molecule has 0 aliphatic carbocycles. The molecule has 0 saturated heterocycles. The van der Waals surface area contributed by atoms with Gasteiger partial charge in [-0.2, -0.15) is 0 Å². The van der Waals surface area contributed by atoms with Gasteiger partial charge in [0.1, 0.15) is 23.9 Å². The summed E-state index contributed by atoms with van der Waals surface area (Å²) in [5.41, 5.74) is 4.75. The zero-order valence-corrected chi connectivity index (χ0v) is 24.4. The highest BCUT2D eigenvalue weighted by molar-refractivity contribution is 7.09. The summed E-state index contributed by atoms with van der Waals surface area (Å²) < 4.78 is 6.03. The molecule has 0 unspecified atom stereocenters. The molecule has 4 rings (SSSR count). The lowest BCUT2D eigenvalue weighted by molar-refractivity contribution is -0.137. The summed E-state index contributed by atoms with van der Waals surface area (Å²) in [6, 6.07) is 25.0. The van der Waals surface area contributed by atoms with Crippen LogP contribution in [0.15, 0.2) is 84.2 Å².